The maximum absolute atomic E-state index is 13.2. The van der Waals surface area contributed by atoms with E-state index in [4.69, 9.17) is 13.6 Å². The SMILES string of the molecule is COC(=O)[C@H](NC(=O)Cn1c(-c2ccccc2)c(-c2ccccc2)oc1=O)[C@H](C)O[Si](C)(C)C(C)(C)C. The maximum Gasteiger partial charge on any atom is 0.420 e. The number of methoxy groups -OCH3 is 1. The van der Waals surface area contributed by atoms with Crippen LogP contribution in [0.4, 0.5) is 0 Å². The summed E-state index contributed by atoms with van der Waals surface area (Å²) >= 11 is 0. The molecule has 0 unspecified atom stereocenters. The smallest absolute Gasteiger partial charge is 0.420 e. The van der Waals surface area contributed by atoms with Crippen LogP contribution in [0.15, 0.2) is 69.9 Å². The Bertz CT molecular complexity index is 1280. The van der Waals surface area contributed by atoms with Crippen molar-refractivity contribution in [3.63, 3.8) is 0 Å². The molecule has 1 amide bonds. The Morgan fingerprint density at radius 3 is 2.05 bits per heavy atom. The van der Waals surface area contributed by atoms with Gasteiger partial charge < -0.3 is 18.9 Å². The van der Waals surface area contributed by atoms with Crippen LogP contribution in [0.1, 0.15) is 27.7 Å². The number of carbonyl (C=O) groups is 2. The summed E-state index contributed by atoms with van der Waals surface area (Å²) in [5.74, 6) is -1.47. The molecule has 2 atom stereocenters. The van der Waals surface area contributed by atoms with E-state index in [1.807, 2.05) is 60.7 Å². The Labute approximate surface area is 218 Å². The molecule has 0 aliphatic heterocycles. The van der Waals surface area contributed by atoms with Crippen LogP contribution in [-0.2, 0) is 25.3 Å². The summed E-state index contributed by atoms with van der Waals surface area (Å²) in [7, 11) is -0.975. The van der Waals surface area contributed by atoms with Crippen molar-refractivity contribution in [3.8, 4) is 22.6 Å². The van der Waals surface area contributed by atoms with Crippen molar-refractivity contribution >= 4 is 20.2 Å². The molecule has 198 valence electrons. The Balaban J connectivity index is 1.93. The highest BCUT2D eigenvalue weighted by molar-refractivity contribution is 6.74. The van der Waals surface area contributed by atoms with Gasteiger partial charge in [0.25, 0.3) is 0 Å². The third-order valence-electron chi connectivity index (χ3n) is 6.81. The first-order chi connectivity index (χ1) is 17.4. The maximum atomic E-state index is 13.2. The molecule has 1 aromatic heterocycles. The topological polar surface area (TPSA) is 99.8 Å². The Kier molecular flexibility index (Phi) is 8.60. The van der Waals surface area contributed by atoms with E-state index in [2.05, 4.69) is 39.2 Å². The van der Waals surface area contributed by atoms with Crippen LogP contribution in [0.2, 0.25) is 18.1 Å². The largest absolute Gasteiger partial charge is 0.467 e. The van der Waals surface area contributed by atoms with Gasteiger partial charge >= 0.3 is 11.7 Å². The molecule has 0 aliphatic rings. The standard InChI is InChI=1S/C28H36N2O6Si/c1-19(36-37(6,7)28(2,3)4)23(26(32)34-5)29-22(31)18-30-24(20-14-10-8-11-15-20)25(35-27(30)33)21-16-12-9-13-17-21/h8-17,19,23H,18H2,1-7H3,(H,29,31)/t19-,23+/m0/s1. The van der Waals surface area contributed by atoms with Crippen molar-refractivity contribution < 1.29 is 23.2 Å². The van der Waals surface area contributed by atoms with E-state index in [1.54, 1.807) is 6.92 Å². The Morgan fingerprint density at radius 1 is 1.00 bits per heavy atom. The number of oxazole rings is 1. The van der Waals surface area contributed by atoms with Crippen LogP contribution < -0.4 is 11.1 Å². The number of benzene rings is 2. The fraction of sp³-hybridized carbons (Fsp3) is 0.393. The van der Waals surface area contributed by atoms with Crippen LogP contribution in [-0.4, -0.2) is 44.0 Å². The van der Waals surface area contributed by atoms with Gasteiger partial charge in [0.05, 0.1) is 18.9 Å². The highest BCUT2D eigenvalue weighted by atomic mass is 28.4. The minimum atomic E-state index is -2.24. The first-order valence-electron chi connectivity index (χ1n) is 12.2. The first-order valence-corrected chi connectivity index (χ1v) is 15.2. The number of carbonyl (C=O) groups excluding carboxylic acids is 2. The van der Waals surface area contributed by atoms with E-state index in [-0.39, 0.29) is 11.6 Å². The summed E-state index contributed by atoms with van der Waals surface area (Å²) < 4.78 is 18.2. The summed E-state index contributed by atoms with van der Waals surface area (Å²) in [6.45, 7) is 11.8. The number of hydrogen-bond donors (Lipinski definition) is 1. The van der Waals surface area contributed by atoms with Crippen LogP contribution in [0.25, 0.3) is 22.6 Å². The van der Waals surface area contributed by atoms with Gasteiger partial charge in [-0.15, -0.1) is 0 Å². The quantitative estimate of drug-likeness (QED) is 0.318. The molecule has 0 saturated carbocycles. The molecule has 8 nitrogen and oxygen atoms in total. The second-order valence-electron chi connectivity index (χ2n) is 10.5. The lowest BCUT2D eigenvalue weighted by Gasteiger charge is -2.39. The molecular formula is C28H36N2O6Si. The molecule has 1 heterocycles. The van der Waals surface area contributed by atoms with Gasteiger partial charge in [0.1, 0.15) is 6.54 Å². The summed E-state index contributed by atoms with van der Waals surface area (Å²) in [6.07, 6.45) is -0.633. The van der Waals surface area contributed by atoms with E-state index in [9.17, 15) is 14.4 Å². The van der Waals surface area contributed by atoms with Crippen LogP contribution in [0.3, 0.4) is 0 Å². The molecule has 37 heavy (non-hydrogen) atoms. The van der Waals surface area contributed by atoms with Gasteiger partial charge in [-0.25, -0.2) is 9.59 Å². The number of aromatic nitrogens is 1. The number of nitrogens with one attached hydrogen (secondary N) is 1. The molecule has 0 radical (unpaired) electrons. The zero-order valence-corrected chi connectivity index (χ0v) is 23.5. The summed E-state index contributed by atoms with van der Waals surface area (Å²) in [5.41, 5.74) is 1.91. The lowest BCUT2D eigenvalue weighted by atomic mass is 10.1. The number of esters is 1. The molecule has 0 saturated heterocycles. The average molecular weight is 525 g/mol. The monoisotopic (exact) mass is 524 g/mol. The molecule has 0 fully saturated rings. The predicted molar refractivity (Wildman–Crippen MR) is 146 cm³/mol. The van der Waals surface area contributed by atoms with Crippen molar-refractivity contribution in [3.05, 3.63) is 71.2 Å². The Hall–Kier alpha value is -3.43. The lowest BCUT2D eigenvalue weighted by molar-refractivity contribution is -0.147. The highest BCUT2D eigenvalue weighted by Gasteiger charge is 2.41. The van der Waals surface area contributed by atoms with Crippen molar-refractivity contribution in [1.82, 2.24) is 9.88 Å². The van der Waals surface area contributed by atoms with Gasteiger partial charge in [-0.2, -0.15) is 0 Å². The number of rotatable bonds is 9. The van der Waals surface area contributed by atoms with Crippen LogP contribution >= 0.6 is 0 Å². The van der Waals surface area contributed by atoms with Gasteiger partial charge in [0.2, 0.25) is 5.91 Å². The van der Waals surface area contributed by atoms with E-state index < -0.39 is 38.1 Å². The van der Waals surface area contributed by atoms with Gasteiger partial charge in [0, 0.05) is 11.1 Å². The van der Waals surface area contributed by atoms with Gasteiger partial charge in [-0.3, -0.25) is 9.36 Å². The minimum absolute atomic E-state index is 0.0888. The summed E-state index contributed by atoms with van der Waals surface area (Å²) in [6, 6.07) is 17.4. The van der Waals surface area contributed by atoms with Gasteiger partial charge in [0.15, 0.2) is 20.1 Å². The summed E-state index contributed by atoms with van der Waals surface area (Å²) in [5, 5.41) is 2.64. The Morgan fingerprint density at radius 2 is 1.54 bits per heavy atom. The molecule has 1 N–H and O–H groups in total. The lowest BCUT2D eigenvalue weighted by Crippen LogP contribution is -2.54. The minimum Gasteiger partial charge on any atom is -0.467 e. The molecule has 0 spiro atoms. The van der Waals surface area contributed by atoms with Crippen LogP contribution in [0.5, 0.6) is 0 Å². The second-order valence-corrected chi connectivity index (χ2v) is 15.3. The zero-order valence-electron chi connectivity index (χ0n) is 22.5. The number of ether oxygens (including phenoxy) is 1. The summed E-state index contributed by atoms with van der Waals surface area (Å²) in [4.78, 5) is 38.8. The van der Waals surface area contributed by atoms with Gasteiger partial charge in [-0.05, 0) is 25.1 Å². The molecule has 9 heteroatoms. The molecular weight excluding hydrogens is 488 g/mol. The second kappa shape index (κ2) is 11.3. The van der Waals surface area contributed by atoms with Crippen molar-refractivity contribution in [1.29, 1.82) is 0 Å². The molecule has 3 rings (SSSR count). The van der Waals surface area contributed by atoms with Crippen LogP contribution in [0, 0.1) is 0 Å². The normalized spacial score (nSPS) is 13.6. The first kappa shape index (κ1) is 28.1. The van der Waals surface area contributed by atoms with Gasteiger partial charge in [-0.1, -0.05) is 81.4 Å². The van der Waals surface area contributed by atoms with E-state index in [1.165, 1.54) is 11.7 Å². The molecule has 0 aliphatic carbocycles. The molecule has 3 aromatic rings. The fourth-order valence-corrected chi connectivity index (χ4v) is 5.20. The number of hydrogen-bond acceptors (Lipinski definition) is 6. The molecule has 2 aromatic carbocycles. The molecule has 0 bridgehead atoms. The third kappa shape index (κ3) is 6.47. The fourth-order valence-electron chi connectivity index (χ4n) is 3.78. The average Bonchev–Trinajstić information content (AvgIpc) is 3.17. The highest BCUT2D eigenvalue weighted by Crippen LogP contribution is 2.37. The van der Waals surface area contributed by atoms with Crippen molar-refractivity contribution in [2.45, 2.75) is 64.5 Å². The van der Waals surface area contributed by atoms with E-state index in [0.29, 0.717) is 17.0 Å². The van der Waals surface area contributed by atoms with Crippen molar-refractivity contribution in [2.24, 2.45) is 0 Å². The zero-order chi connectivity index (χ0) is 27.4. The third-order valence-corrected chi connectivity index (χ3v) is 11.4. The number of amides is 1. The number of nitrogens with zero attached hydrogens (tertiary/aromatic N) is 1. The van der Waals surface area contributed by atoms with E-state index in [0.717, 1.165) is 5.56 Å². The predicted octanol–water partition coefficient (Wildman–Crippen LogP) is 4.84. The van der Waals surface area contributed by atoms with E-state index >= 15 is 0 Å². The van der Waals surface area contributed by atoms with Crippen molar-refractivity contribution in [2.75, 3.05) is 7.11 Å².